The first-order valence-electron chi connectivity index (χ1n) is 5.69. The summed E-state index contributed by atoms with van der Waals surface area (Å²) in [4.78, 5) is -0.259. The zero-order chi connectivity index (χ0) is 16.3. The molecule has 0 saturated carbocycles. The average Bonchev–Trinajstić information content (AvgIpc) is 2.38. The van der Waals surface area contributed by atoms with Crippen LogP contribution in [-0.4, -0.2) is 47.5 Å². The molecule has 0 radical (unpaired) electrons. The highest BCUT2D eigenvalue weighted by atomic mass is 35.5. The number of nitrogens with zero attached hydrogens (tertiary/aromatic N) is 2. The van der Waals surface area contributed by atoms with Crippen LogP contribution >= 0.6 is 11.6 Å². The van der Waals surface area contributed by atoms with Crippen LogP contribution in [0.4, 0.5) is 0 Å². The van der Waals surface area contributed by atoms with Gasteiger partial charge in [0.1, 0.15) is 4.90 Å². The van der Waals surface area contributed by atoms with E-state index >= 15 is 0 Å². The maximum Gasteiger partial charge on any atom is 0.242 e. The van der Waals surface area contributed by atoms with Gasteiger partial charge in [-0.1, -0.05) is 11.6 Å². The van der Waals surface area contributed by atoms with Crippen LogP contribution in [-0.2, 0) is 20.0 Å². The first-order chi connectivity index (χ1) is 9.60. The zero-order valence-corrected chi connectivity index (χ0v) is 13.8. The van der Waals surface area contributed by atoms with E-state index in [9.17, 15) is 16.8 Å². The molecule has 10 heteroatoms. The van der Waals surface area contributed by atoms with Crippen molar-refractivity contribution in [3.05, 3.63) is 28.8 Å². The molecule has 1 aromatic carbocycles. The Labute approximate surface area is 129 Å². The molecule has 21 heavy (non-hydrogen) atoms. The van der Waals surface area contributed by atoms with Gasteiger partial charge in [0.25, 0.3) is 0 Å². The minimum atomic E-state index is -3.99. The van der Waals surface area contributed by atoms with Crippen molar-refractivity contribution in [1.82, 2.24) is 9.03 Å². The largest absolute Gasteiger partial charge is 0.242 e. The van der Waals surface area contributed by atoms with Crippen molar-refractivity contribution >= 4 is 31.6 Å². The summed E-state index contributed by atoms with van der Waals surface area (Å²) in [6, 6.07) is 5.62. The van der Waals surface area contributed by atoms with E-state index in [2.05, 4.69) is 4.72 Å². The van der Waals surface area contributed by atoms with Crippen LogP contribution in [0.2, 0.25) is 5.02 Å². The lowest BCUT2D eigenvalue weighted by atomic mass is 10.2. The predicted octanol–water partition coefficient (Wildman–Crippen LogP) is 0.381. The molecule has 0 heterocycles. The molecule has 1 rings (SSSR count). The van der Waals surface area contributed by atoms with Crippen molar-refractivity contribution in [2.24, 2.45) is 0 Å². The number of hydrogen-bond donors (Lipinski definition) is 1. The topological polar surface area (TPSA) is 107 Å². The smallest absolute Gasteiger partial charge is 0.212 e. The van der Waals surface area contributed by atoms with Gasteiger partial charge in [0.15, 0.2) is 0 Å². The van der Waals surface area contributed by atoms with Crippen LogP contribution in [0.1, 0.15) is 5.56 Å². The number of halogens is 1. The fourth-order valence-corrected chi connectivity index (χ4v) is 3.75. The summed E-state index contributed by atoms with van der Waals surface area (Å²) in [5, 5.41) is 8.72. The van der Waals surface area contributed by atoms with E-state index in [0.717, 1.165) is 10.4 Å². The Balaban J connectivity index is 2.92. The lowest BCUT2D eigenvalue weighted by molar-refractivity contribution is 0.519. The summed E-state index contributed by atoms with van der Waals surface area (Å²) in [5.41, 5.74) is 0.140. The molecule has 0 unspecified atom stereocenters. The van der Waals surface area contributed by atoms with Gasteiger partial charge in [-0.25, -0.2) is 25.9 Å². The highest BCUT2D eigenvalue weighted by Gasteiger charge is 2.20. The highest BCUT2D eigenvalue weighted by molar-refractivity contribution is 7.90. The number of rotatable bonds is 6. The number of hydrogen-bond acceptors (Lipinski definition) is 5. The Morgan fingerprint density at radius 1 is 1.29 bits per heavy atom. The molecular weight excluding hydrogens is 338 g/mol. The number of nitriles is 1. The summed E-state index contributed by atoms with van der Waals surface area (Å²) in [5.74, 6) is -0.380. The maximum atomic E-state index is 12.1. The van der Waals surface area contributed by atoms with E-state index in [1.54, 1.807) is 0 Å². The quantitative estimate of drug-likeness (QED) is 0.797. The van der Waals surface area contributed by atoms with Crippen molar-refractivity contribution in [2.75, 3.05) is 26.4 Å². The average molecular weight is 352 g/mol. The monoisotopic (exact) mass is 351 g/mol. The third kappa shape index (κ3) is 4.66. The molecule has 0 fully saturated rings. The minimum Gasteiger partial charge on any atom is -0.212 e. The summed E-state index contributed by atoms with van der Waals surface area (Å²) in [7, 11) is -4.78. The van der Waals surface area contributed by atoms with E-state index in [4.69, 9.17) is 16.9 Å². The first-order valence-corrected chi connectivity index (χ1v) is 9.17. The number of benzene rings is 1. The van der Waals surface area contributed by atoms with Crippen molar-refractivity contribution in [2.45, 2.75) is 4.90 Å². The van der Waals surface area contributed by atoms with Crippen molar-refractivity contribution < 1.29 is 16.8 Å². The summed E-state index contributed by atoms with van der Waals surface area (Å²) in [6.07, 6.45) is 0. The molecule has 0 bridgehead atoms. The second-order valence-corrected chi connectivity index (χ2v) is 8.70. The van der Waals surface area contributed by atoms with Gasteiger partial charge in [0.2, 0.25) is 20.0 Å². The van der Waals surface area contributed by atoms with Crippen molar-refractivity contribution in [1.29, 1.82) is 5.26 Å². The fraction of sp³-hybridized carbons (Fsp3) is 0.364. The van der Waals surface area contributed by atoms with E-state index in [-0.39, 0.29) is 27.8 Å². The second-order valence-electron chi connectivity index (χ2n) is 4.25. The molecular formula is C11H14ClN3O4S2. The molecule has 0 aliphatic rings. The van der Waals surface area contributed by atoms with Crippen LogP contribution in [0, 0.1) is 11.3 Å². The van der Waals surface area contributed by atoms with Crippen LogP contribution in [0.3, 0.4) is 0 Å². The van der Waals surface area contributed by atoms with Crippen molar-refractivity contribution in [3.63, 3.8) is 0 Å². The molecule has 116 valence electrons. The second kappa shape index (κ2) is 6.72. The predicted molar refractivity (Wildman–Crippen MR) is 78.8 cm³/mol. The van der Waals surface area contributed by atoms with E-state index in [0.29, 0.717) is 0 Å². The SMILES string of the molecule is CN(C)S(=O)(=O)CCNS(=O)(=O)c1cc(C#N)ccc1Cl. The zero-order valence-electron chi connectivity index (χ0n) is 11.4. The van der Waals surface area contributed by atoms with Gasteiger partial charge in [-0.3, -0.25) is 0 Å². The Kier molecular flexibility index (Phi) is 5.72. The van der Waals surface area contributed by atoms with E-state index in [1.165, 1.54) is 26.2 Å². The third-order valence-corrected chi connectivity index (χ3v) is 6.33. The molecule has 0 saturated heterocycles. The van der Waals surface area contributed by atoms with Crippen LogP contribution in [0.5, 0.6) is 0 Å². The van der Waals surface area contributed by atoms with Gasteiger partial charge >= 0.3 is 0 Å². The Bertz CT molecular complexity index is 767. The van der Waals surface area contributed by atoms with Crippen LogP contribution in [0.25, 0.3) is 0 Å². The van der Waals surface area contributed by atoms with Crippen molar-refractivity contribution in [3.8, 4) is 6.07 Å². The lowest BCUT2D eigenvalue weighted by Gasteiger charge is -2.12. The molecule has 0 aromatic heterocycles. The standard InChI is InChI=1S/C11H14ClN3O4S2/c1-15(2)20(16,17)6-5-14-21(18,19)11-7-9(8-13)3-4-10(11)12/h3-4,7,14H,5-6H2,1-2H3. The van der Waals surface area contributed by atoms with Gasteiger partial charge in [-0.2, -0.15) is 5.26 Å². The first kappa shape index (κ1) is 17.9. The summed E-state index contributed by atoms with van der Waals surface area (Å²) in [6.45, 7) is -0.296. The molecule has 1 aromatic rings. The summed E-state index contributed by atoms with van der Waals surface area (Å²) >= 11 is 5.80. The molecule has 0 amide bonds. The van der Waals surface area contributed by atoms with Gasteiger partial charge < -0.3 is 0 Å². The van der Waals surface area contributed by atoms with Crippen LogP contribution in [0.15, 0.2) is 23.1 Å². The molecule has 1 N–H and O–H groups in total. The molecule has 0 spiro atoms. The number of sulfonamides is 2. The lowest BCUT2D eigenvalue weighted by Crippen LogP contribution is -2.34. The Hall–Kier alpha value is -1.18. The molecule has 0 atom stereocenters. The third-order valence-electron chi connectivity index (χ3n) is 2.56. The van der Waals surface area contributed by atoms with Gasteiger partial charge in [0.05, 0.1) is 22.4 Å². The molecule has 0 aliphatic heterocycles. The molecule has 0 aliphatic carbocycles. The molecule has 7 nitrogen and oxygen atoms in total. The Morgan fingerprint density at radius 2 is 1.90 bits per heavy atom. The maximum absolute atomic E-state index is 12.1. The highest BCUT2D eigenvalue weighted by Crippen LogP contribution is 2.22. The van der Waals surface area contributed by atoms with Crippen LogP contribution < -0.4 is 4.72 Å². The van der Waals surface area contributed by atoms with Gasteiger partial charge in [-0.05, 0) is 18.2 Å². The fourth-order valence-electron chi connectivity index (χ4n) is 1.34. The number of nitrogens with one attached hydrogen (secondary N) is 1. The summed E-state index contributed by atoms with van der Waals surface area (Å²) < 4.78 is 50.4. The van der Waals surface area contributed by atoms with E-state index < -0.39 is 20.0 Å². The Morgan fingerprint density at radius 3 is 2.43 bits per heavy atom. The van der Waals surface area contributed by atoms with Gasteiger partial charge in [-0.15, -0.1) is 0 Å². The minimum absolute atomic E-state index is 0.0445. The normalized spacial score (nSPS) is 12.3. The van der Waals surface area contributed by atoms with E-state index in [1.807, 2.05) is 6.07 Å². The van der Waals surface area contributed by atoms with Gasteiger partial charge in [0, 0.05) is 20.6 Å².